The molecule has 2 N–H and O–H groups in total. The van der Waals surface area contributed by atoms with Crippen molar-refractivity contribution in [3.05, 3.63) is 76.9 Å². The van der Waals surface area contributed by atoms with Gasteiger partial charge in [0.1, 0.15) is 10.0 Å². The van der Waals surface area contributed by atoms with E-state index in [1.165, 1.54) is 23.9 Å². The summed E-state index contributed by atoms with van der Waals surface area (Å²) < 4.78 is 41.3. The summed E-state index contributed by atoms with van der Waals surface area (Å²) in [6.07, 6.45) is 0.714. The molecule has 1 aliphatic rings. The fraction of sp³-hybridized carbons (Fsp3) is 0.150. The van der Waals surface area contributed by atoms with E-state index in [0.717, 1.165) is 22.7 Å². The van der Waals surface area contributed by atoms with Gasteiger partial charge in [-0.3, -0.25) is 9.52 Å². The van der Waals surface area contributed by atoms with Crippen LogP contribution in [0.3, 0.4) is 0 Å². The molecule has 1 unspecified atom stereocenters. The first-order valence-corrected chi connectivity index (χ1v) is 12.2. The van der Waals surface area contributed by atoms with Gasteiger partial charge in [-0.1, -0.05) is 18.2 Å². The van der Waals surface area contributed by atoms with Gasteiger partial charge in [-0.25, -0.2) is 12.8 Å². The monoisotopic (exact) mass is 448 g/mol. The molecule has 1 aliphatic heterocycles. The molecule has 0 radical (unpaired) electrons. The number of rotatable bonds is 5. The lowest BCUT2D eigenvalue weighted by Crippen LogP contribution is -2.30. The molecule has 3 aromatic rings. The van der Waals surface area contributed by atoms with Crippen LogP contribution in [-0.4, -0.2) is 20.1 Å². The zero-order chi connectivity index (χ0) is 20.4. The van der Waals surface area contributed by atoms with Gasteiger partial charge in [0, 0.05) is 21.9 Å². The highest BCUT2D eigenvalue weighted by molar-refractivity contribution is 7.99. The lowest BCUT2D eigenvalue weighted by Gasteiger charge is -2.26. The van der Waals surface area contributed by atoms with Crippen LogP contribution in [0.4, 0.5) is 10.1 Å². The minimum Gasteiger partial charge on any atom is -0.345 e. The van der Waals surface area contributed by atoms with Crippen molar-refractivity contribution in [2.45, 2.75) is 21.6 Å². The third-order valence-electron chi connectivity index (χ3n) is 4.49. The third-order valence-corrected chi connectivity index (χ3v) is 8.43. The summed E-state index contributed by atoms with van der Waals surface area (Å²) in [5, 5.41) is 4.64. The van der Waals surface area contributed by atoms with Crippen molar-refractivity contribution in [2.24, 2.45) is 0 Å². The Balaban J connectivity index is 1.46. The van der Waals surface area contributed by atoms with Gasteiger partial charge in [-0.15, -0.1) is 23.1 Å². The Morgan fingerprint density at radius 1 is 1.07 bits per heavy atom. The van der Waals surface area contributed by atoms with E-state index in [1.807, 2.05) is 6.07 Å². The summed E-state index contributed by atoms with van der Waals surface area (Å²) in [5.41, 5.74) is 1.56. The van der Waals surface area contributed by atoms with Crippen LogP contribution >= 0.6 is 23.1 Å². The maximum atomic E-state index is 14.0. The fourth-order valence-electron chi connectivity index (χ4n) is 3.09. The van der Waals surface area contributed by atoms with Crippen LogP contribution in [0.25, 0.3) is 0 Å². The summed E-state index contributed by atoms with van der Waals surface area (Å²) in [4.78, 5) is 13.2. The first kappa shape index (κ1) is 19.9. The number of amides is 1. The smallest absolute Gasteiger partial charge is 0.271 e. The molecule has 5 nitrogen and oxygen atoms in total. The number of fused-ring (bicyclic) bond motifs is 1. The zero-order valence-corrected chi connectivity index (χ0v) is 17.5. The van der Waals surface area contributed by atoms with E-state index in [1.54, 1.807) is 41.8 Å². The van der Waals surface area contributed by atoms with Crippen molar-refractivity contribution in [2.75, 3.05) is 10.5 Å². The minimum absolute atomic E-state index is 0.223. The number of hydrogen-bond donors (Lipinski definition) is 2. The largest absolute Gasteiger partial charge is 0.345 e. The highest BCUT2D eigenvalue weighted by Crippen LogP contribution is 2.37. The molecule has 2 heterocycles. The maximum Gasteiger partial charge on any atom is 0.271 e. The topological polar surface area (TPSA) is 75.3 Å². The molecule has 0 spiro atoms. The number of sulfonamides is 1. The van der Waals surface area contributed by atoms with Crippen molar-refractivity contribution in [1.82, 2.24) is 5.32 Å². The van der Waals surface area contributed by atoms with E-state index in [-0.39, 0.29) is 22.0 Å². The Morgan fingerprint density at radius 3 is 2.59 bits per heavy atom. The second-order valence-electron chi connectivity index (χ2n) is 6.44. The average Bonchev–Trinajstić information content (AvgIpc) is 3.25. The number of hydrogen-bond acceptors (Lipinski definition) is 5. The highest BCUT2D eigenvalue weighted by Gasteiger charge is 2.25. The van der Waals surface area contributed by atoms with Crippen molar-refractivity contribution in [3.63, 3.8) is 0 Å². The van der Waals surface area contributed by atoms with E-state index < -0.39 is 10.0 Å². The van der Waals surface area contributed by atoms with Crippen LogP contribution in [0.2, 0.25) is 0 Å². The molecule has 0 bridgehead atoms. The van der Waals surface area contributed by atoms with Gasteiger partial charge in [0.05, 0.1) is 6.04 Å². The van der Waals surface area contributed by atoms with Gasteiger partial charge < -0.3 is 5.32 Å². The Labute approximate surface area is 176 Å². The summed E-state index contributed by atoms with van der Waals surface area (Å²) in [6.45, 7) is 0. The molecule has 1 atom stereocenters. The molecule has 1 aromatic heterocycles. The third kappa shape index (κ3) is 4.31. The predicted molar refractivity (Wildman–Crippen MR) is 114 cm³/mol. The van der Waals surface area contributed by atoms with Crippen LogP contribution < -0.4 is 10.0 Å². The van der Waals surface area contributed by atoms with Gasteiger partial charge in [0.15, 0.2) is 0 Å². The quantitative estimate of drug-likeness (QED) is 0.596. The number of thiophene rings is 1. The molecular formula is C20H17FN2O3S3. The molecule has 0 fully saturated rings. The van der Waals surface area contributed by atoms with Crippen LogP contribution in [-0.2, 0) is 10.0 Å². The van der Waals surface area contributed by atoms with E-state index in [0.29, 0.717) is 22.6 Å². The highest BCUT2D eigenvalue weighted by atomic mass is 32.2. The Hall–Kier alpha value is -2.36. The normalized spacial score (nSPS) is 16.1. The number of anilines is 1. The van der Waals surface area contributed by atoms with Gasteiger partial charge in [0.25, 0.3) is 15.9 Å². The molecule has 9 heteroatoms. The number of nitrogens with one attached hydrogen (secondary N) is 2. The number of carbonyl (C=O) groups is 1. The molecule has 0 saturated carbocycles. The minimum atomic E-state index is -3.63. The van der Waals surface area contributed by atoms with Crippen molar-refractivity contribution in [3.8, 4) is 0 Å². The molecule has 29 heavy (non-hydrogen) atoms. The molecule has 150 valence electrons. The second-order valence-corrected chi connectivity index (χ2v) is 10.4. The van der Waals surface area contributed by atoms with E-state index in [4.69, 9.17) is 0 Å². The van der Waals surface area contributed by atoms with E-state index >= 15 is 0 Å². The fourth-order valence-corrected chi connectivity index (χ4v) is 6.28. The molecule has 0 aliphatic carbocycles. The van der Waals surface area contributed by atoms with E-state index in [9.17, 15) is 17.6 Å². The molecule has 1 amide bonds. The zero-order valence-electron chi connectivity index (χ0n) is 15.1. The van der Waals surface area contributed by atoms with Crippen LogP contribution in [0.1, 0.15) is 28.4 Å². The Bertz CT molecular complexity index is 1130. The van der Waals surface area contributed by atoms with Crippen molar-refractivity contribution in [1.29, 1.82) is 0 Å². The lowest BCUT2D eigenvalue weighted by atomic mass is 10.0. The molecular weight excluding hydrogens is 431 g/mol. The predicted octanol–water partition coefficient (Wildman–Crippen LogP) is 4.65. The summed E-state index contributed by atoms with van der Waals surface area (Å²) >= 11 is 2.59. The lowest BCUT2D eigenvalue weighted by molar-refractivity contribution is 0.0935. The SMILES string of the molecule is O=C(NC1CCSc2c(F)cccc21)c1ccc(NS(=O)(=O)c2cccs2)cc1. The number of thioether (sulfide) groups is 1. The standard InChI is InChI=1S/C20H17FN2O3S3/c21-16-4-1-3-15-17(10-12-28-19(15)16)22-20(24)13-6-8-14(9-7-13)23-29(25,26)18-5-2-11-27-18/h1-9,11,17,23H,10,12H2,(H,22,24). The maximum absolute atomic E-state index is 14.0. The van der Waals surface area contributed by atoms with Gasteiger partial charge >= 0.3 is 0 Å². The molecule has 0 saturated heterocycles. The van der Waals surface area contributed by atoms with Crippen LogP contribution in [0.5, 0.6) is 0 Å². The van der Waals surface area contributed by atoms with E-state index in [2.05, 4.69) is 10.0 Å². The van der Waals surface area contributed by atoms with Gasteiger partial charge in [-0.05, 0) is 53.8 Å². The number of benzene rings is 2. The number of halogens is 1. The van der Waals surface area contributed by atoms with Crippen molar-refractivity contribution >= 4 is 44.7 Å². The van der Waals surface area contributed by atoms with Crippen LogP contribution in [0.15, 0.2) is 69.1 Å². The Kier molecular flexibility index (Phi) is 5.62. The first-order valence-electron chi connectivity index (χ1n) is 8.82. The second kappa shape index (κ2) is 8.17. The first-order chi connectivity index (χ1) is 13.9. The van der Waals surface area contributed by atoms with Crippen LogP contribution in [0, 0.1) is 5.82 Å². The molecule has 4 rings (SSSR count). The molecule has 2 aromatic carbocycles. The average molecular weight is 449 g/mol. The number of carbonyl (C=O) groups excluding carboxylic acids is 1. The van der Waals surface area contributed by atoms with Gasteiger partial charge in [-0.2, -0.15) is 0 Å². The summed E-state index contributed by atoms with van der Waals surface area (Å²) in [7, 11) is -3.63. The Morgan fingerprint density at radius 2 is 1.86 bits per heavy atom. The van der Waals surface area contributed by atoms with Crippen molar-refractivity contribution < 1.29 is 17.6 Å². The van der Waals surface area contributed by atoms with Gasteiger partial charge in [0.2, 0.25) is 0 Å². The summed E-state index contributed by atoms with van der Waals surface area (Å²) in [6, 6.07) is 14.0. The summed E-state index contributed by atoms with van der Waals surface area (Å²) in [5.74, 6) is 0.168.